The van der Waals surface area contributed by atoms with E-state index in [1.807, 2.05) is 13.0 Å². The Bertz CT molecular complexity index is 350. The van der Waals surface area contributed by atoms with Crippen LogP contribution in [-0.4, -0.2) is 5.78 Å². The van der Waals surface area contributed by atoms with E-state index >= 15 is 0 Å². The first-order chi connectivity index (χ1) is 9.56. The topological polar surface area (TPSA) is 17.1 Å². The molecule has 0 aromatic rings. The van der Waals surface area contributed by atoms with Gasteiger partial charge in [0.15, 0.2) is 5.78 Å². The van der Waals surface area contributed by atoms with Gasteiger partial charge in [-0.1, -0.05) is 63.8 Å². The van der Waals surface area contributed by atoms with Gasteiger partial charge in [-0.15, -0.1) is 0 Å². The fraction of sp³-hybridized carbons (Fsp3) is 0.632. The van der Waals surface area contributed by atoms with E-state index < -0.39 is 0 Å². The molecule has 1 nitrogen and oxygen atoms in total. The van der Waals surface area contributed by atoms with Crippen molar-refractivity contribution in [1.82, 2.24) is 0 Å². The third kappa shape index (κ3) is 8.14. The number of ketones is 1. The molecular weight excluding hydrogens is 244 g/mol. The van der Waals surface area contributed by atoms with E-state index in [9.17, 15) is 4.79 Å². The summed E-state index contributed by atoms with van der Waals surface area (Å²) < 4.78 is 0. The first kappa shape index (κ1) is 18.9. The van der Waals surface area contributed by atoms with Crippen molar-refractivity contribution in [3.8, 4) is 0 Å². The van der Waals surface area contributed by atoms with Crippen LogP contribution in [0.1, 0.15) is 73.1 Å². The van der Waals surface area contributed by atoms with Gasteiger partial charge >= 0.3 is 0 Å². The summed E-state index contributed by atoms with van der Waals surface area (Å²) in [5.41, 5.74) is 2.20. The van der Waals surface area contributed by atoms with E-state index in [0.717, 1.165) is 5.57 Å². The summed E-state index contributed by atoms with van der Waals surface area (Å²) in [6.45, 7) is 10.1. The maximum atomic E-state index is 11.3. The monoisotopic (exact) mass is 276 g/mol. The van der Waals surface area contributed by atoms with Crippen LogP contribution >= 0.6 is 0 Å². The Morgan fingerprint density at radius 2 is 1.55 bits per heavy atom. The molecule has 0 bridgehead atoms. The smallest absolute Gasteiger partial charge is 0.155 e. The van der Waals surface area contributed by atoms with Gasteiger partial charge in [0.2, 0.25) is 0 Å². The van der Waals surface area contributed by atoms with Crippen LogP contribution in [-0.2, 0) is 4.79 Å². The summed E-state index contributed by atoms with van der Waals surface area (Å²) in [4.78, 5) is 11.3. The molecule has 0 heterocycles. The summed E-state index contributed by atoms with van der Waals surface area (Å²) >= 11 is 0. The predicted octanol–water partition coefficient (Wildman–Crippen LogP) is 6.02. The van der Waals surface area contributed by atoms with Crippen LogP contribution in [0.2, 0.25) is 0 Å². The maximum absolute atomic E-state index is 11.3. The summed E-state index contributed by atoms with van der Waals surface area (Å²) in [5, 5.41) is 0. The fourth-order valence-electron chi connectivity index (χ4n) is 2.24. The number of carbonyl (C=O) groups excluding carboxylic acids is 1. The molecule has 0 aliphatic heterocycles. The summed E-state index contributed by atoms with van der Waals surface area (Å²) in [7, 11) is 0. The SMILES string of the molecule is C\C=C/C(=C\C=C(/C)C(C)=O)C(CCCC)CCCC. The van der Waals surface area contributed by atoms with Gasteiger partial charge in [-0.3, -0.25) is 4.79 Å². The number of rotatable bonds is 10. The fourth-order valence-corrected chi connectivity index (χ4v) is 2.24. The number of hydrogen-bond donors (Lipinski definition) is 0. The number of unbranched alkanes of at least 4 members (excludes halogenated alkanes) is 2. The van der Waals surface area contributed by atoms with Gasteiger partial charge in [0.25, 0.3) is 0 Å². The molecule has 0 radical (unpaired) electrons. The van der Waals surface area contributed by atoms with Gasteiger partial charge in [0.05, 0.1) is 0 Å². The van der Waals surface area contributed by atoms with E-state index in [0.29, 0.717) is 5.92 Å². The summed E-state index contributed by atoms with van der Waals surface area (Å²) in [6, 6.07) is 0. The normalized spacial score (nSPS) is 13.5. The number of Topliss-reactive ketones (excluding diaryl/α,β-unsaturated/α-hetero) is 1. The molecule has 1 heteroatoms. The van der Waals surface area contributed by atoms with Crippen LogP contribution in [0.25, 0.3) is 0 Å². The third-order valence-corrected chi connectivity index (χ3v) is 3.72. The highest BCUT2D eigenvalue weighted by molar-refractivity contribution is 5.92. The second kappa shape index (κ2) is 11.7. The van der Waals surface area contributed by atoms with Crippen molar-refractivity contribution in [2.24, 2.45) is 5.92 Å². The highest BCUT2D eigenvalue weighted by atomic mass is 16.1. The molecule has 0 fully saturated rings. The average molecular weight is 276 g/mol. The second-order valence-corrected chi connectivity index (χ2v) is 5.55. The summed E-state index contributed by atoms with van der Waals surface area (Å²) in [5.74, 6) is 0.779. The molecule has 0 aromatic heterocycles. The molecule has 114 valence electrons. The molecule has 0 aliphatic rings. The molecule has 0 spiro atoms. The van der Waals surface area contributed by atoms with Crippen molar-refractivity contribution >= 4 is 5.78 Å². The maximum Gasteiger partial charge on any atom is 0.155 e. The Hall–Kier alpha value is -1.11. The predicted molar refractivity (Wildman–Crippen MR) is 89.9 cm³/mol. The van der Waals surface area contributed by atoms with Crippen molar-refractivity contribution in [3.05, 3.63) is 35.5 Å². The molecule has 20 heavy (non-hydrogen) atoms. The molecule has 0 aliphatic carbocycles. The Morgan fingerprint density at radius 1 is 1.00 bits per heavy atom. The largest absolute Gasteiger partial charge is 0.295 e. The van der Waals surface area contributed by atoms with Crippen LogP contribution in [0.4, 0.5) is 0 Å². The lowest BCUT2D eigenvalue weighted by Gasteiger charge is -2.18. The van der Waals surface area contributed by atoms with Gasteiger partial charge in [0, 0.05) is 0 Å². The first-order valence-electron chi connectivity index (χ1n) is 8.08. The average Bonchev–Trinajstić information content (AvgIpc) is 2.43. The molecule has 0 unspecified atom stereocenters. The minimum absolute atomic E-state index is 0.153. The number of allylic oxidation sites excluding steroid dienone is 6. The number of hydrogen-bond acceptors (Lipinski definition) is 1. The molecular formula is C19H32O. The van der Waals surface area contributed by atoms with E-state index in [1.165, 1.54) is 44.1 Å². The van der Waals surface area contributed by atoms with Gasteiger partial charge in [-0.2, -0.15) is 0 Å². The van der Waals surface area contributed by atoms with Crippen LogP contribution in [0.3, 0.4) is 0 Å². The number of carbonyl (C=O) groups is 1. The van der Waals surface area contributed by atoms with Crippen molar-refractivity contribution < 1.29 is 4.79 Å². The van der Waals surface area contributed by atoms with Crippen LogP contribution < -0.4 is 0 Å². The van der Waals surface area contributed by atoms with Gasteiger partial charge in [0.1, 0.15) is 0 Å². The molecule has 0 atom stereocenters. The molecule has 0 saturated carbocycles. The first-order valence-corrected chi connectivity index (χ1v) is 8.08. The Kier molecular flexibility index (Phi) is 11.0. The highest BCUT2D eigenvalue weighted by Gasteiger charge is 2.11. The Labute approximate surface area is 125 Å². The minimum atomic E-state index is 0.153. The van der Waals surface area contributed by atoms with Crippen molar-refractivity contribution in [2.75, 3.05) is 0 Å². The van der Waals surface area contributed by atoms with Gasteiger partial charge in [-0.05, 0) is 50.7 Å². The zero-order valence-electron chi connectivity index (χ0n) is 14.0. The third-order valence-electron chi connectivity index (χ3n) is 3.72. The van der Waals surface area contributed by atoms with E-state index in [-0.39, 0.29) is 5.78 Å². The molecule has 0 amide bonds. The lowest BCUT2D eigenvalue weighted by molar-refractivity contribution is -0.113. The summed E-state index contributed by atoms with van der Waals surface area (Å²) in [6.07, 6.45) is 16.0. The van der Waals surface area contributed by atoms with Crippen LogP contribution in [0.5, 0.6) is 0 Å². The lowest BCUT2D eigenvalue weighted by atomic mass is 9.88. The van der Waals surface area contributed by atoms with E-state index in [1.54, 1.807) is 6.92 Å². The molecule has 0 rings (SSSR count). The van der Waals surface area contributed by atoms with Crippen molar-refractivity contribution in [3.63, 3.8) is 0 Å². The standard InChI is InChI=1S/C19H32O/c1-6-9-12-19(13-10-7-2)18(11-8-3)15-14-16(4)17(5)20/h8,11,14-15,19H,6-7,9-10,12-13H2,1-5H3/b11-8-,16-14+,18-15+. The second-order valence-electron chi connectivity index (χ2n) is 5.55. The minimum Gasteiger partial charge on any atom is -0.295 e. The van der Waals surface area contributed by atoms with Crippen LogP contribution in [0.15, 0.2) is 35.5 Å². The zero-order valence-corrected chi connectivity index (χ0v) is 14.0. The lowest BCUT2D eigenvalue weighted by Crippen LogP contribution is -2.03. The van der Waals surface area contributed by atoms with Crippen molar-refractivity contribution in [1.29, 1.82) is 0 Å². The molecule has 0 aromatic carbocycles. The molecule has 0 N–H and O–H groups in total. The molecule has 0 saturated heterocycles. The van der Waals surface area contributed by atoms with Crippen molar-refractivity contribution in [2.45, 2.75) is 73.1 Å². The highest BCUT2D eigenvalue weighted by Crippen LogP contribution is 2.25. The van der Waals surface area contributed by atoms with E-state index in [2.05, 4.69) is 39.0 Å². The van der Waals surface area contributed by atoms with Crippen LogP contribution in [0, 0.1) is 5.92 Å². The zero-order chi connectivity index (χ0) is 15.4. The quantitative estimate of drug-likeness (QED) is 0.352. The Morgan fingerprint density at radius 3 is 1.95 bits per heavy atom. The Balaban J connectivity index is 5.08. The van der Waals surface area contributed by atoms with E-state index in [4.69, 9.17) is 0 Å². The van der Waals surface area contributed by atoms with Gasteiger partial charge < -0.3 is 0 Å². The van der Waals surface area contributed by atoms with Gasteiger partial charge in [-0.25, -0.2) is 0 Å².